The Morgan fingerprint density at radius 1 is 1.78 bits per heavy atom. The fourth-order valence-corrected chi connectivity index (χ4v) is 0.625. The van der Waals surface area contributed by atoms with Crippen LogP contribution in [0.4, 0.5) is 0 Å². The van der Waals surface area contributed by atoms with Gasteiger partial charge in [-0.3, -0.25) is 5.10 Å². The molecule has 48 valence electrons. The number of hydrogen-bond acceptors (Lipinski definition) is 2. The molecule has 3 nitrogen and oxygen atoms in total. The Bertz CT molecular complexity index is 273. The largest absolute Gasteiger partial charge is 0.258 e. The Hall–Kier alpha value is -1.12. The highest BCUT2D eigenvalue weighted by molar-refractivity contribution is 5.16. The van der Waals surface area contributed by atoms with Gasteiger partial charge in [-0.2, -0.15) is 0 Å². The Morgan fingerprint density at radius 3 is 3.00 bits per heavy atom. The second kappa shape index (κ2) is 2.44. The van der Waals surface area contributed by atoms with Gasteiger partial charge in [-0.25, -0.2) is 0 Å². The van der Waals surface area contributed by atoms with Crippen molar-refractivity contribution in [1.29, 1.82) is 0 Å². The van der Waals surface area contributed by atoms with Crippen molar-refractivity contribution in [2.24, 2.45) is 0 Å². The first kappa shape index (κ1) is 6.01. The summed E-state index contributed by atoms with van der Waals surface area (Å²) in [5.41, 5.74) is 0. The molecular weight excluding hydrogens is 114 g/mol. The molecular formula is C6H9N3. The highest BCUT2D eigenvalue weighted by Crippen LogP contribution is 1.69. The molecule has 1 N–H and O–H groups in total. The molecule has 1 heterocycles. The Labute approximate surface area is 53.1 Å². The number of rotatable bonds is 1. The van der Waals surface area contributed by atoms with E-state index in [2.05, 4.69) is 28.9 Å². The Morgan fingerprint density at radius 2 is 2.56 bits per heavy atom. The average Bonchev–Trinajstić information content (AvgIpc) is 2.18. The molecule has 0 aromatic carbocycles. The molecule has 1 rings (SSSR count). The summed E-state index contributed by atoms with van der Waals surface area (Å²) >= 11 is 0. The van der Waals surface area contributed by atoms with Gasteiger partial charge in [0.15, 0.2) is 0 Å². The lowest BCUT2D eigenvalue weighted by Gasteiger charge is -1.71. The van der Waals surface area contributed by atoms with Crippen molar-refractivity contribution in [1.82, 2.24) is 15.4 Å². The summed E-state index contributed by atoms with van der Waals surface area (Å²) in [5, 5.41) is 11.6. The normalized spacial score (nSPS) is 12.3. The van der Waals surface area contributed by atoms with Crippen LogP contribution in [0.1, 0.15) is 13.3 Å². The topological polar surface area (TPSA) is 41.6 Å². The minimum absolute atomic E-state index is 0.719. The van der Waals surface area contributed by atoms with Crippen LogP contribution < -0.4 is 10.7 Å². The monoisotopic (exact) mass is 123 g/mol. The summed E-state index contributed by atoms with van der Waals surface area (Å²) in [7, 11) is 0. The number of H-pyrrole nitrogens is 1. The van der Waals surface area contributed by atoms with Crippen molar-refractivity contribution in [2.75, 3.05) is 0 Å². The molecule has 0 unspecified atom stereocenters. The third kappa shape index (κ3) is 1.16. The second-order valence-corrected chi connectivity index (χ2v) is 1.78. The summed E-state index contributed by atoms with van der Waals surface area (Å²) in [6, 6.07) is 0. The van der Waals surface area contributed by atoms with E-state index in [0.717, 1.165) is 17.1 Å². The molecule has 1 aromatic rings. The van der Waals surface area contributed by atoms with Gasteiger partial charge in [-0.15, -0.1) is 5.10 Å². The van der Waals surface area contributed by atoms with Gasteiger partial charge >= 0.3 is 0 Å². The molecule has 0 saturated heterocycles. The zero-order valence-corrected chi connectivity index (χ0v) is 5.39. The van der Waals surface area contributed by atoms with E-state index in [1.807, 2.05) is 6.08 Å². The van der Waals surface area contributed by atoms with Crippen molar-refractivity contribution in [2.45, 2.75) is 13.3 Å². The van der Waals surface area contributed by atoms with Gasteiger partial charge in [0.25, 0.3) is 0 Å². The molecule has 0 aliphatic carbocycles. The van der Waals surface area contributed by atoms with Crippen molar-refractivity contribution < 1.29 is 0 Å². The smallest absolute Gasteiger partial charge is 0.105 e. The highest BCUT2D eigenvalue weighted by Gasteiger charge is 1.80. The second-order valence-electron chi connectivity index (χ2n) is 1.78. The van der Waals surface area contributed by atoms with Crippen LogP contribution in [0.5, 0.6) is 0 Å². The lowest BCUT2D eigenvalue weighted by molar-refractivity contribution is 0.925. The average molecular weight is 123 g/mol. The number of aromatic amines is 1. The van der Waals surface area contributed by atoms with Crippen molar-refractivity contribution in [3.8, 4) is 0 Å². The molecule has 0 amide bonds. The van der Waals surface area contributed by atoms with Crippen LogP contribution in [0.15, 0.2) is 0 Å². The minimum atomic E-state index is 0.719. The maximum absolute atomic E-state index is 3.69. The number of aromatic nitrogens is 3. The van der Waals surface area contributed by atoms with Gasteiger partial charge in [0.1, 0.15) is 5.35 Å². The van der Waals surface area contributed by atoms with E-state index in [9.17, 15) is 0 Å². The summed E-state index contributed by atoms with van der Waals surface area (Å²) in [5.74, 6) is 0. The highest BCUT2D eigenvalue weighted by atomic mass is 15.3. The van der Waals surface area contributed by atoms with Crippen LogP contribution in [0.3, 0.4) is 0 Å². The summed E-state index contributed by atoms with van der Waals surface area (Å²) in [4.78, 5) is 0. The first-order chi connectivity index (χ1) is 4.34. The minimum Gasteiger partial charge on any atom is -0.258 e. The molecule has 0 radical (unpaired) electrons. The first-order valence-corrected chi connectivity index (χ1v) is 2.90. The standard InChI is InChI=1S/C6H9N3/c1-3-4-6-5(2)7-9-8-6/h4H,2-3H2,1H3,(H,7,8)/b6-4-. The lowest BCUT2D eigenvalue weighted by Crippen LogP contribution is -2.22. The zero-order chi connectivity index (χ0) is 6.69. The molecule has 0 aliphatic rings. The van der Waals surface area contributed by atoms with Gasteiger partial charge < -0.3 is 0 Å². The van der Waals surface area contributed by atoms with Gasteiger partial charge in [0.2, 0.25) is 0 Å². The van der Waals surface area contributed by atoms with Gasteiger partial charge in [0, 0.05) is 0 Å². The first-order valence-electron chi connectivity index (χ1n) is 2.90. The third-order valence-electron chi connectivity index (χ3n) is 1.06. The van der Waals surface area contributed by atoms with E-state index in [1.165, 1.54) is 0 Å². The maximum atomic E-state index is 3.69. The van der Waals surface area contributed by atoms with Gasteiger partial charge in [-0.05, 0) is 6.42 Å². The maximum Gasteiger partial charge on any atom is 0.105 e. The van der Waals surface area contributed by atoms with E-state index < -0.39 is 0 Å². The van der Waals surface area contributed by atoms with E-state index >= 15 is 0 Å². The van der Waals surface area contributed by atoms with Crippen molar-refractivity contribution >= 4 is 12.7 Å². The van der Waals surface area contributed by atoms with E-state index in [-0.39, 0.29) is 0 Å². The molecule has 0 aliphatic heterocycles. The molecule has 3 heteroatoms. The third-order valence-corrected chi connectivity index (χ3v) is 1.06. The summed E-state index contributed by atoms with van der Waals surface area (Å²) in [6.45, 7) is 5.72. The van der Waals surface area contributed by atoms with E-state index in [1.54, 1.807) is 0 Å². The van der Waals surface area contributed by atoms with Crippen LogP contribution >= 0.6 is 0 Å². The van der Waals surface area contributed by atoms with Crippen molar-refractivity contribution in [3.63, 3.8) is 0 Å². The Balaban J connectivity index is 3.23. The fourth-order valence-electron chi connectivity index (χ4n) is 0.625. The molecule has 1 aromatic heterocycles. The molecule has 0 saturated carbocycles. The molecule has 0 atom stereocenters. The number of hydrogen-bond donors (Lipinski definition) is 1. The molecule has 0 spiro atoms. The molecule has 9 heavy (non-hydrogen) atoms. The predicted molar refractivity (Wildman–Crippen MR) is 35.9 cm³/mol. The lowest BCUT2D eigenvalue weighted by atomic mass is 10.4. The molecule has 0 fully saturated rings. The van der Waals surface area contributed by atoms with Crippen molar-refractivity contribution in [3.05, 3.63) is 10.7 Å². The number of nitrogens with zero attached hydrogens (tertiary/aromatic N) is 2. The van der Waals surface area contributed by atoms with Crippen LogP contribution in [-0.2, 0) is 0 Å². The Kier molecular flexibility index (Phi) is 1.63. The zero-order valence-electron chi connectivity index (χ0n) is 5.39. The fraction of sp³-hybridized carbons (Fsp3) is 0.333. The summed E-state index contributed by atoms with van der Waals surface area (Å²) < 4.78 is 0. The van der Waals surface area contributed by atoms with E-state index in [4.69, 9.17) is 0 Å². The van der Waals surface area contributed by atoms with E-state index in [0.29, 0.717) is 0 Å². The van der Waals surface area contributed by atoms with Gasteiger partial charge in [0.05, 0.1) is 5.35 Å². The predicted octanol–water partition coefficient (Wildman–Crippen LogP) is -0.595. The van der Waals surface area contributed by atoms with Crippen LogP contribution in [0.25, 0.3) is 12.7 Å². The van der Waals surface area contributed by atoms with Crippen LogP contribution in [0.2, 0.25) is 0 Å². The number of nitrogens with one attached hydrogen (secondary N) is 1. The molecule has 0 bridgehead atoms. The van der Waals surface area contributed by atoms with Crippen LogP contribution in [0, 0.1) is 0 Å². The SMILES string of the molecule is C=c1nn[nH]/c1=C\CC. The quantitative estimate of drug-likeness (QED) is 0.542. The summed E-state index contributed by atoms with van der Waals surface area (Å²) in [6.07, 6.45) is 2.98. The van der Waals surface area contributed by atoms with Crippen LogP contribution in [-0.4, -0.2) is 15.4 Å². The van der Waals surface area contributed by atoms with Gasteiger partial charge in [-0.1, -0.05) is 24.8 Å².